The monoisotopic (exact) mass is 385 g/mol. The van der Waals surface area contributed by atoms with Gasteiger partial charge in [-0.25, -0.2) is 4.79 Å². The minimum Gasteiger partial charge on any atom is -0.481 e. The summed E-state index contributed by atoms with van der Waals surface area (Å²) in [7, 11) is 2.75. The third kappa shape index (κ3) is 4.16. The highest BCUT2D eigenvalue weighted by Gasteiger charge is 2.30. The summed E-state index contributed by atoms with van der Waals surface area (Å²) < 4.78 is 15.6. The number of carboxylic acids is 1. The van der Waals surface area contributed by atoms with Crippen LogP contribution in [0.5, 0.6) is 0 Å². The topological polar surface area (TPSA) is 94.1 Å². The molecule has 0 fully saturated rings. The second-order valence-electron chi connectivity index (χ2n) is 6.51. The highest BCUT2D eigenvalue weighted by atomic mass is 16.7. The van der Waals surface area contributed by atoms with Crippen LogP contribution in [0.2, 0.25) is 0 Å². The van der Waals surface area contributed by atoms with Gasteiger partial charge in [0, 0.05) is 20.1 Å². The van der Waals surface area contributed by atoms with E-state index < -0.39 is 24.4 Å². The van der Waals surface area contributed by atoms with Gasteiger partial charge in [-0.1, -0.05) is 48.5 Å². The number of rotatable bonds is 8. The van der Waals surface area contributed by atoms with Crippen LogP contribution >= 0.6 is 0 Å². The summed E-state index contributed by atoms with van der Waals surface area (Å²) in [5, 5.41) is 11.6. The number of aliphatic carboxylic acids is 1. The Labute approximate surface area is 163 Å². The Bertz CT molecular complexity index is 803. The first-order valence-electron chi connectivity index (χ1n) is 8.94. The van der Waals surface area contributed by atoms with Gasteiger partial charge in [0.15, 0.2) is 6.29 Å². The maximum absolute atomic E-state index is 12.3. The Morgan fingerprint density at radius 2 is 1.54 bits per heavy atom. The van der Waals surface area contributed by atoms with Crippen LogP contribution in [0.25, 0.3) is 11.1 Å². The lowest BCUT2D eigenvalue weighted by Crippen LogP contribution is -2.46. The van der Waals surface area contributed by atoms with Crippen molar-refractivity contribution in [1.82, 2.24) is 5.32 Å². The molecule has 0 unspecified atom stereocenters. The van der Waals surface area contributed by atoms with E-state index in [1.165, 1.54) is 14.2 Å². The molecule has 7 heteroatoms. The highest BCUT2D eigenvalue weighted by molar-refractivity contribution is 5.79. The summed E-state index contributed by atoms with van der Waals surface area (Å²) >= 11 is 0. The Morgan fingerprint density at radius 3 is 2.04 bits per heavy atom. The molecule has 0 aliphatic heterocycles. The van der Waals surface area contributed by atoms with Crippen molar-refractivity contribution in [2.24, 2.45) is 0 Å². The van der Waals surface area contributed by atoms with Crippen molar-refractivity contribution in [3.8, 4) is 11.1 Å². The van der Waals surface area contributed by atoms with Crippen LogP contribution < -0.4 is 5.32 Å². The van der Waals surface area contributed by atoms with Crippen LogP contribution in [-0.2, 0) is 19.0 Å². The minimum absolute atomic E-state index is 0.0725. The van der Waals surface area contributed by atoms with Gasteiger partial charge in [0.25, 0.3) is 0 Å². The molecule has 2 N–H and O–H groups in total. The molecule has 0 saturated heterocycles. The number of carbonyl (C=O) groups is 2. The number of nitrogens with one attached hydrogen (secondary N) is 1. The lowest BCUT2D eigenvalue weighted by molar-refractivity contribution is -0.147. The number of fused-ring (bicyclic) bond motifs is 3. The van der Waals surface area contributed by atoms with Crippen molar-refractivity contribution in [2.75, 3.05) is 20.8 Å². The quantitative estimate of drug-likeness (QED) is 0.679. The van der Waals surface area contributed by atoms with E-state index in [9.17, 15) is 9.59 Å². The Hall–Kier alpha value is -2.90. The van der Waals surface area contributed by atoms with Crippen molar-refractivity contribution in [1.29, 1.82) is 0 Å². The number of carboxylic acid groups (broad SMARTS) is 1. The zero-order chi connectivity index (χ0) is 20.1. The SMILES string of the molecule is COC(OC)[C@H](CC(=O)O)NC(=O)OCC1c2ccccc2-c2ccccc21. The summed E-state index contributed by atoms with van der Waals surface area (Å²) in [5.41, 5.74) is 4.47. The number of amides is 1. The number of alkyl carbamates (subject to hydrolysis) is 1. The zero-order valence-corrected chi connectivity index (χ0v) is 15.8. The summed E-state index contributed by atoms with van der Waals surface area (Å²) in [6, 6.07) is 15.2. The van der Waals surface area contributed by atoms with E-state index >= 15 is 0 Å². The molecule has 2 aromatic carbocycles. The molecule has 0 heterocycles. The number of hydrogen-bond donors (Lipinski definition) is 2. The van der Waals surface area contributed by atoms with Gasteiger partial charge in [0.2, 0.25) is 0 Å². The standard InChI is InChI=1S/C21H23NO6/c1-26-20(27-2)18(11-19(23)24)22-21(25)28-12-17-15-9-5-3-7-13(15)14-8-4-6-10-16(14)17/h3-10,17-18,20H,11-12H2,1-2H3,(H,22,25)(H,23,24)/t18-/m0/s1. The predicted octanol–water partition coefficient (Wildman–Crippen LogP) is 2.99. The first kappa shape index (κ1) is 19.9. The molecule has 1 amide bonds. The van der Waals surface area contributed by atoms with E-state index in [0.717, 1.165) is 22.3 Å². The summed E-state index contributed by atoms with van der Waals surface area (Å²) in [6.45, 7) is 0.143. The largest absolute Gasteiger partial charge is 0.481 e. The van der Waals surface area contributed by atoms with E-state index in [-0.39, 0.29) is 18.9 Å². The van der Waals surface area contributed by atoms with E-state index in [1.54, 1.807) is 0 Å². The average Bonchev–Trinajstić information content (AvgIpc) is 3.01. The Morgan fingerprint density at radius 1 is 1.00 bits per heavy atom. The second-order valence-corrected chi connectivity index (χ2v) is 6.51. The molecule has 1 aliphatic carbocycles. The van der Waals surface area contributed by atoms with Crippen molar-refractivity contribution < 1.29 is 28.9 Å². The molecule has 0 spiro atoms. The predicted molar refractivity (Wildman–Crippen MR) is 102 cm³/mol. The van der Waals surface area contributed by atoms with Crippen molar-refractivity contribution in [3.63, 3.8) is 0 Å². The smallest absolute Gasteiger partial charge is 0.407 e. The minimum atomic E-state index is -1.08. The average molecular weight is 385 g/mol. The van der Waals surface area contributed by atoms with E-state index in [2.05, 4.69) is 17.4 Å². The molecule has 3 rings (SSSR count). The van der Waals surface area contributed by atoms with E-state index in [1.807, 2.05) is 36.4 Å². The van der Waals surface area contributed by atoms with Crippen molar-refractivity contribution in [3.05, 3.63) is 59.7 Å². The van der Waals surface area contributed by atoms with Gasteiger partial charge in [-0.2, -0.15) is 0 Å². The molecule has 148 valence electrons. The van der Waals surface area contributed by atoms with Crippen molar-refractivity contribution in [2.45, 2.75) is 24.7 Å². The third-order valence-electron chi connectivity index (χ3n) is 4.83. The highest BCUT2D eigenvalue weighted by Crippen LogP contribution is 2.44. The molecule has 0 saturated carbocycles. The number of benzene rings is 2. The molecule has 0 aromatic heterocycles. The van der Waals surface area contributed by atoms with Crippen molar-refractivity contribution >= 4 is 12.1 Å². The molecule has 1 atom stereocenters. The molecule has 28 heavy (non-hydrogen) atoms. The Kier molecular flexibility index (Phi) is 6.28. The number of methoxy groups -OCH3 is 2. The molecule has 1 aliphatic rings. The van der Waals surface area contributed by atoms with Gasteiger partial charge in [0.1, 0.15) is 6.61 Å². The van der Waals surface area contributed by atoms with Gasteiger partial charge < -0.3 is 24.6 Å². The van der Waals surface area contributed by atoms with Gasteiger partial charge in [-0.3, -0.25) is 4.79 Å². The van der Waals surface area contributed by atoms with E-state index in [0.29, 0.717) is 0 Å². The molecule has 7 nitrogen and oxygen atoms in total. The Balaban J connectivity index is 1.69. The third-order valence-corrected chi connectivity index (χ3v) is 4.83. The number of carbonyl (C=O) groups excluding carboxylic acids is 1. The van der Waals surface area contributed by atoms with Gasteiger partial charge in [-0.15, -0.1) is 0 Å². The number of ether oxygens (including phenoxy) is 3. The fourth-order valence-corrected chi connectivity index (χ4v) is 3.62. The first-order chi connectivity index (χ1) is 13.5. The lowest BCUT2D eigenvalue weighted by Gasteiger charge is -2.24. The normalized spacial score (nSPS) is 13.7. The molecular weight excluding hydrogens is 362 g/mol. The maximum atomic E-state index is 12.3. The van der Waals surface area contributed by atoms with Crippen LogP contribution in [0.15, 0.2) is 48.5 Å². The molecule has 0 radical (unpaired) electrons. The van der Waals surface area contributed by atoms with Gasteiger partial charge >= 0.3 is 12.1 Å². The molecular formula is C21H23NO6. The fraction of sp³-hybridized carbons (Fsp3) is 0.333. The first-order valence-corrected chi connectivity index (χ1v) is 8.94. The fourth-order valence-electron chi connectivity index (χ4n) is 3.62. The van der Waals surface area contributed by atoms with Crippen LogP contribution in [-0.4, -0.2) is 50.3 Å². The molecule has 2 aromatic rings. The van der Waals surface area contributed by atoms with Gasteiger partial charge in [0.05, 0.1) is 12.5 Å². The second kappa shape index (κ2) is 8.86. The maximum Gasteiger partial charge on any atom is 0.407 e. The summed E-state index contributed by atoms with van der Waals surface area (Å²) in [6.07, 6.45) is -1.96. The number of hydrogen-bond acceptors (Lipinski definition) is 5. The summed E-state index contributed by atoms with van der Waals surface area (Å²) in [5.74, 6) is -1.15. The summed E-state index contributed by atoms with van der Waals surface area (Å²) in [4.78, 5) is 23.4. The zero-order valence-electron chi connectivity index (χ0n) is 15.8. The lowest BCUT2D eigenvalue weighted by atomic mass is 9.98. The van der Waals surface area contributed by atoms with Crippen LogP contribution in [0.4, 0.5) is 4.79 Å². The van der Waals surface area contributed by atoms with Crippen LogP contribution in [0.3, 0.4) is 0 Å². The van der Waals surface area contributed by atoms with Gasteiger partial charge in [-0.05, 0) is 22.3 Å². The van der Waals surface area contributed by atoms with Crippen LogP contribution in [0.1, 0.15) is 23.5 Å². The van der Waals surface area contributed by atoms with E-state index in [4.69, 9.17) is 19.3 Å². The molecule has 0 bridgehead atoms. The van der Waals surface area contributed by atoms with Crippen LogP contribution in [0, 0.1) is 0 Å².